The number of rotatable bonds is 3. The Bertz CT molecular complexity index is 503. The number of thiazole rings is 1. The molecule has 0 spiro atoms. The minimum Gasteiger partial charge on any atom is -0.464 e. The van der Waals surface area contributed by atoms with Crippen LogP contribution in [0.2, 0.25) is 0 Å². The highest BCUT2D eigenvalue weighted by atomic mass is 32.1. The molecule has 2 aliphatic rings. The van der Waals surface area contributed by atoms with E-state index >= 15 is 0 Å². The van der Waals surface area contributed by atoms with E-state index in [1.807, 2.05) is 6.92 Å². The number of hydrogen-bond donors (Lipinski definition) is 0. The topological polar surface area (TPSA) is 45.7 Å². The second kappa shape index (κ2) is 6.32. The maximum atomic E-state index is 11.7. The molecular weight excluding hydrogens is 286 g/mol. The summed E-state index contributed by atoms with van der Waals surface area (Å²) in [5.41, 5.74) is 0.468. The molecule has 5 nitrogen and oxygen atoms in total. The van der Waals surface area contributed by atoms with E-state index < -0.39 is 0 Å². The lowest BCUT2D eigenvalue weighted by atomic mass is 10.2. The molecule has 6 heteroatoms. The summed E-state index contributed by atoms with van der Waals surface area (Å²) in [4.78, 5) is 22.0. The Labute approximate surface area is 129 Å². The zero-order valence-corrected chi connectivity index (χ0v) is 13.6. The molecule has 21 heavy (non-hydrogen) atoms. The number of aryl methyl sites for hydroxylation is 1. The van der Waals surface area contributed by atoms with Crippen molar-refractivity contribution in [2.75, 3.05) is 38.2 Å². The Morgan fingerprint density at radius 1 is 1.24 bits per heavy atom. The van der Waals surface area contributed by atoms with Crippen LogP contribution in [0.3, 0.4) is 0 Å². The zero-order chi connectivity index (χ0) is 14.8. The van der Waals surface area contributed by atoms with E-state index in [2.05, 4.69) is 14.8 Å². The summed E-state index contributed by atoms with van der Waals surface area (Å²) in [6, 6.07) is 0.802. The van der Waals surface area contributed by atoms with E-state index in [4.69, 9.17) is 4.74 Å². The molecule has 0 unspecified atom stereocenters. The van der Waals surface area contributed by atoms with E-state index in [1.54, 1.807) is 11.3 Å². The molecule has 1 aliphatic heterocycles. The minimum absolute atomic E-state index is 0.334. The van der Waals surface area contributed by atoms with Crippen LogP contribution in [-0.4, -0.2) is 55.2 Å². The largest absolute Gasteiger partial charge is 0.464 e. The average Bonchev–Trinajstić information content (AvgIpc) is 3.16. The number of hydrogen-bond acceptors (Lipinski definition) is 6. The predicted molar refractivity (Wildman–Crippen MR) is 84.2 cm³/mol. The van der Waals surface area contributed by atoms with Crippen molar-refractivity contribution in [3.05, 3.63) is 10.6 Å². The van der Waals surface area contributed by atoms with Gasteiger partial charge in [-0.15, -0.1) is 11.3 Å². The second-order valence-electron chi connectivity index (χ2n) is 5.85. The van der Waals surface area contributed by atoms with Crippen molar-refractivity contribution in [1.29, 1.82) is 0 Å². The van der Waals surface area contributed by atoms with Crippen LogP contribution in [-0.2, 0) is 4.74 Å². The smallest absolute Gasteiger partial charge is 0.357 e. The van der Waals surface area contributed by atoms with Crippen molar-refractivity contribution in [1.82, 2.24) is 9.88 Å². The maximum Gasteiger partial charge on any atom is 0.357 e. The predicted octanol–water partition coefficient (Wildman–Crippen LogP) is 2.30. The van der Waals surface area contributed by atoms with Gasteiger partial charge in [-0.2, -0.15) is 0 Å². The third kappa shape index (κ3) is 3.06. The third-order valence-corrected chi connectivity index (χ3v) is 5.62. The molecule has 0 aromatic carbocycles. The molecule has 1 saturated heterocycles. The molecule has 0 radical (unpaired) electrons. The second-order valence-corrected chi connectivity index (χ2v) is 7.04. The Hall–Kier alpha value is -1.14. The summed E-state index contributed by atoms with van der Waals surface area (Å²) in [6.07, 6.45) is 5.50. The third-order valence-electron chi connectivity index (χ3n) is 4.59. The lowest BCUT2D eigenvalue weighted by molar-refractivity contribution is 0.0594. The summed E-state index contributed by atoms with van der Waals surface area (Å²) >= 11 is 1.59. The fourth-order valence-corrected chi connectivity index (χ4v) is 4.30. The number of carbonyl (C=O) groups is 1. The molecule has 0 amide bonds. The molecule has 3 rings (SSSR count). The highest BCUT2D eigenvalue weighted by molar-refractivity contribution is 7.15. The number of carbonyl (C=O) groups excluding carboxylic acids is 1. The van der Waals surface area contributed by atoms with E-state index in [9.17, 15) is 4.79 Å². The maximum absolute atomic E-state index is 11.7. The van der Waals surface area contributed by atoms with Gasteiger partial charge in [-0.05, 0) is 19.8 Å². The van der Waals surface area contributed by atoms with Crippen LogP contribution in [0.5, 0.6) is 0 Å². The van der Waals surface area contributed by atoms with Crippen molar-refractivity contribution in [2.45, 2.75) is 38.6 Å². The molecular formula is C15H23N3O2S. The number of piperazine rings is 1. The molecule has 2 heterocycles. The Kier molecular flexibility index (Phi) is 4.45. The van der Waals surface area contributed by atoms with E-state index in [0.29, 0.717) is 5.69 Å². The van der Waals surface area contributed by atoms with Gasteiger partial charge in [0.25, 0.3) is 0 Å². The number of esters is 1. The fraction of sp³-hybridized carbons (Fsp3) is 0.733. The van der Waals surface area contributed by atoms with Gasteiger partial charge in [0.15, 0.2) is 10.8 Å². The Morgan fingerprint density at radius 3 is 2.52 bits per heavy atom. The Balaban J connectivity index is 1.62. The molecule has 0 N–H and O–H groups in total. The summed E-state index contributed by atoms with van der Waals surface area (Å²) in [7, 11) is 1.40. The normalized spacial score (nSPS) is 21.0. The van der Waals surface area contributed by atoms with Crippen LogP contribution in [0.15, 0.2) is 0 Å². The first-order chi connectivity index (χ1) is 10.2. The molecule has 0 atom stereocenters. The van der Waals surface area contributed by atoms with Crippen LogP contribution in [0, 0.1) is 6.92 Å². The minimum atomic E-state index is -0.334. The quantitative estimate of drug-likeness (QED) is 0.802. The van der Waals surface area contributed by atoms with Crippen molar-refractivity contribution >= 4 is 22.4 Å². The van der Waals surface area contributed by atoms with Gasteiger partial charge in [-0.25, -0.2) is 9.78 Å². The van der Waals surface area contributed by atoms with Gasteiger partial charge in [-0.3, -0.25) is 4.90 Å². The molecule has 1 aromatic rings. The Morgan fingerprint density at radius 2 is 1.90 bits per heavy atom. The standard InChI is InChI=1S/C15H23N3O2S/c1-11-13(14(19)20-2)16-15(21-11)18-9-7-17(8-10-18)12-5-3-4-6-12/h12H,3-10H2,1-2H3. The number of methoxy groups -OCH3 is 1. The van der Waals surface area contributed by atoms with Gasteiger partial charge in [0.2, 0.25) is 0 Å². The highest BCUT2D eigenvalue weighted by Crippen LogP contribution is 2.29. The summed E-state index contributed by atoms with van der Waals surface area (Å²) in [5, 5.41) is 0.957. The number of anilines is 1. The SMILES string of the molecule is COC(=O)c1nc(N2CCN(C3CCCC3)CC2)sc1C. The first-order valence-corrected chi connectivity index (χ1v) is 8.55. The molecule has 1 aromatic heterocycles. The van der Waals surface area contributed by atoms with E-state index in [1.165, 1.54) is 32.8 Å². The van der Waals surface area contributed by atoms with Crippen molar-refractivity contribution in [3.63, 3.8) is 0 Å². The molecule has 2 fully saturated rings. The fourth-order valence-electron chi connectivity index (χ4n) is 3.35. The average molecular weight is 309 g/mol. The van der Waals surface area contributed by atoms with E-state index in [0.717, 1.165) is 42.2 Å². The molecule has 1 aliphatic carbocycles. The van der Waals surface area contributed by atoms with Gasteiger partial charge in [-0.1, -0.05) is 12.8 Å². The summed E-state index contributed by atoms with van der Waals surface area (Å²) < 4.78 is 4.78. The lowest BCUT2D eigenvalue weighted by Crippen LogP contribution is -2.49. The van der Waals surface area contributed by atoms with Gasteiger partial charge >= 0.3 is 5.97 Å². The monoisotopic (exact) mass is 309 g/mol. The number of ether oxygens (including phenoxy) is 1. The van der Waals surface area contributed by atoms with Gasteiger partial charge < -0.3 is 9.64 Å². The lowest BCUT2D eigenvalue weighted by Gasteiger charge is -2.37. The van der Waals surface area contributed by atoms with Crippen molar-refractivity contribution < 1.29 is 9.53 Å². The van der Waals surface area contributed by atoms with Gasteiger partial charge in [0.05, 0.1) is 7.11 Å². The first kappa shape index (κ1) is 14.8. The number of aromatic nitrogens is 1. The van der Waals surface area contributed by atoms with Gasteiger partial charge in [0.1, 0.15) is 0 Å². The molecule has 116 valence electrons. The zero-order valence-electron chi connectivity index (χ0n) is 12.8. The molecule has 0 bridgehead atoms. The van der Waals surface area contributed by atoms with Gasteiger partial charge in [0, 0.05) is 37.1 Å². The van der Waals surface area contributed by atoms with Crippen molar-refractivity contribution in [3.8, 4) is 0 Å². The van der Waals surface area contributed by atoms with Crippen LogP contribution < -0.4 is 4.90 Å². The molecule has 1 saturated carbocycles. The highest BCUT2D eigenvalue weighted by Gasteiger charge is 2.28. The van der Waals surface area contributed by atoms with Crippen LogP contribution in [0.4, 0.5) is 5.13 Å². The van der Waals surface area contributed by atoms with E-state index in [-0.39, 0.29) is 5.97 Å². The first-order valence-electron chi connectivity index (χ1n) is 7.74. The summed E-state index contributed by atoms with van der Waals surface area (Å²) in [5.74, 6) is -0.334. The summed E-state index contributed by atoms with van der Waals surface area (Å²) in [6.45, 7) is 6.16. The van der Waals surface area contributed by atoms with Crippen LogP contribution in [0.25, 0.3) is 0 Å². The van der Waals surface area contributed by atoms with Crippen LogP contribution >= 0.6 is 11.3 Å². The van der Waals surface area contributed by atoms with Crippen LogP contribution in [0.1, 0.15) is 41.0 Å². The van der Waals surface area contributed by atoms with Crippen molar-refractivity contribution in [2.24, 2.45) is 0 Å². The number of nitrogens with zero attached hydrogens (tertiary/aromatic N) is 3.